The van der Waals surface area contributed by atoms with Crippen LogP contribution in [0.5, 0.6) is 0 Å². The van der Waals surface area contributed by atoms with Gasteiger partial charge < -0.3 is 19.9 Å². The van der Waals surface area contributed by atoms with Crippen LogP contribution in [0.4, 0.5) is 5.69 Å². The Bertz CT molecular complexity index is 1120. The molecule has 33 heavy (non-hydrogen) atoms. The van der Waals surface area contributed by atoms with Gasteiger partial charge in [0.05, 0.1) is 29.9 Å². The molecule has 2 aliphatic heterocycles. The lowest BCUT2D eigenvalue weighted by Crippen LogP contribution is -2.42. The summed E-state index contributed by atoms with van der Waals surface area (Å²) in [5, 5.41) is 4.46. The van der Waals surface area contributed by atoms with Gasteiger partial charge in [-0.1, -0.05) is 23.7 Å². The van der Waals surface area contributed by atoms with Gasteiger partial charge in [0, 0.05) is 29.5 Å². The fourth-order valence-corrected chi connectivity index (χ4v) is 5.25. The number of carbonyl (C=O) groups excluding carboxylic acids is 1. The molecule has 1 saturated heterocycles. The molecule has 6 nitrogen and oxygen atoms in total. The van der Waals surface area contributed by atoms with Crippen LogP contribution in [0.3, 0.4) is 0 Å². The van der Waals surface area contributed by atoms with Gasteiger partial charge in [-0.2, -0.15) is 0 Å². The summed E-state index contributed by atoms with van der Waals surface area (Å²) in [4.78, 5) is 21.1. The number of likely N-dealkylation sites (N-methyl/N-ethyl adjacent to an activating group) is 1. The second-order valence-corrected chi connectivity index (χ2v) is 9.78. The molecular weight excluding hydrogens is 456 g/mol. The van der Waals surface area contributed by atoms with E-state index in [4.69, 9.17) is 28.6 Å². The molecule has 174 valence electrons. The molecule has 0 radical (unpaired) electrons. The first-order valence-electron chi connectivity index (χ1n) is 11.0. The fraction of sp³-hybridized carbons (Fsp3) is 0.400. The third-order valence-electron chi connectivity index (χ3n) is 6.46. The second-order valence-electron chi connectivity index (χ2n) is 8.99. The zero-order chi connectivity index (χ0) is 23.9. The van der Waals surface area contributed by atoms with E-state index in [2.05, 4.69) is 55.2 Å². The molecule has 1 fully saturated rings. The summed E-state index contributed by atoms with van der Waals surface area (Å²) in [5.41, 5.74) is 4.98. The van der Waals surface area contributed by atoms with E-state index in [0.29, 0.717) is 16.7 Å². The number of pyridine rings is 1. The third-order valence-corrected chi connectivity index (χ3v) is 7.14. The lowest BCUT2D eigenvalue weighted by molar-refractivity contribution is -0.143. The molecule has 4 rings (SSSR count). The van der Waals surface area contributed by atoms with Crippen molar-refractivity contribution in [1.82, 2.24) is 15.2 Å². The van der Waals surface area contributed by atoms with E-state index >= 15 is 0 Å². The standard InChI is InChI=1S/C25H29ClN4O2S/c1-6-32-21(31)14-30-23(22(28-24(30)33)19-9-7-8-10-27-19)17-11-16-15(2)13-25(3,4)29(5)20(16)12-18(17)26/h7-13,22-23H,6,14H2,1-5H3,(H,28,33)/t22-,23-/m1/s1. The summed E-state index contributed by atoms with van der Waals surface area (Å²) >= 11 is 12.6. The molecule has 0 amide bonds. The normalized spacial score (nSPS) is 21.4. The Labute approximate surface area is 205 Å². The Hall–Kier alpha value is -2.64. The second kappa shape index (κ2) is 8.95. The van der Waals surface area contributed by atoms with Crippen molar-refractivity contribution in [2.24, 2.45) is 0 Å². The summed E-state index contributed by atoms with van der Waals surface area (Å²) in [7, 11) is 2.08. The number of nitrogens with one attached hydrogen (secondary N) is 1. The number of carbonyl (C=O) groups is 1. The molecule has 0 saturated carbocycles. The van der Waals surface area contributed by atoms with Gasteiger partial charge >= 0.3 is 5.97 Å². The van der Waals surface area contributed by atoms with E-state index in [0.717, 1.165) is 22.5 Å². The molecule has 1 aromatic carbocycles. The smallest absolute Gasteiger partial charge is 0.325 e. The van der Waals surface area contributed by atoms with Crippen LogP contribution in [0, 0.1) is 0 Å². The first kappa shape index (κ1) is 23.5. The first-order valence-corrected chi connectivity index (χ1v) is 11.8. The molecule has 0 unspecified atom stereocenters. The summed E-state index contributed by atoms with van der Waals surface area (Å²) in [6.07, 6.45) is 4.01. The molecule has 2 aliphatic rings. The van der Waals surface area contributed by atoms with E-state index in [1.54, 1.807) is 13.1 Å². The number of hydrogen-bond donors (Lipinski definition) is 1. The highest BCUT2D eigenvalue weighted by molar-refractivity contribution is 7.80. The maximum absolute atomic E-state index is 12.4. The van der Waals surface area contributed by atoms with Crippen molar-refractivity contribution < 1.29 is 9.53 Å². The van der Waals surface area contributed by atoms with Crippen LogP contribution in [-0.2, 0) is 9.53 Å². The molecule has 3 heterocycles. The zero-order valence-corrected chi connectivity index (χ0v) is 21.1. The Morgan fingerprint density at radius 1 is 1.33 bits per heavy atom. The first-order chi connectivity index (χ1) is 15.6. The number of thiocarbonyl (C=S) groups is 1. The van der Waals surface area contributed by atoms with Gasteiger partial charge in [-0.3, -0.25) is 9.78 Å². The van der Waals surface area contributed by atoms with Gasteiger partial charge in [0.15, 0.2) is 5.11 Å². The number of aromatic nitrogens is 1. The van der Waals surface area contributed by atoms with Crippen molar-refractivity contribution >= 4 is 46.2 Å². The molecule has 2 aromatic rings. The minimum atomic E-state index is -0.333. The number of allylic oxidation sites excluding steroid dienone is 1. The Balaban J connectivity index is 1.84. The molecule has 8 heteroatoms. The van der Waals surface area contributed by atoms with Crippen LogP contribution < -0.4 is 10.2 Å². The quantitative estimate of drug-likeness (QED) is 0.478. The molecule has 0 spiro atoms. The summed E-state index contributed by atoms with van der Waals surface area (Å²) < 4.78 is 5.22. The van der Waals surface area contributed by atoms with Gasteiger partial charge in [0.2, 0.25) is 0 Å². The van der Waals surface area contributed by atoms with Gasteiger partial charge in [-0.05, 0) is 75.3 Å². The van der Waals surface area contributed by atoms with Crippen LogP contribution in [0.1, 0.15) is 56.6 Å². The van der Waals surface area contributed by atoms with Gasteiger partial charge in [0.25, 0.3) is 0 Å². The van der Waals surface area contributed by atoms with Crippen LogP contribution >= 0.6 is 23.8 Å². The van der Waals surface area contributed by atoms with Crippen LogP contribution in [0.15, 0.2) is 42.6 Å². The van der Waals surface area contributed by atoms with Crippen molar-refractivity contribution in [2.75, 3.05) is 25.1 Å². The molecule has 1 N–H and O–H groups in total. The highest BCUT2D eigenvalue weighted by Crippen LogP contribution is 2.46. The molecule has 0 aliphatic carbocycles. The van der Waals surface area contributed by atoms with Crippen molar-refractivity contribution in [3.8, 4) is 0 Å². The molecule has 1 aromatic heterocycles. The zero-order valence-electron chi connectivity index (χ0n) is 19.6. The fourth-order valence-electron chi connectivity index (χ4n) is 4.67. The van der Waals surface area contributed by atoms with Crippen LogP contribution in [-0.4, -0.2) is 46.7 Å². The molecular formula is C25H29ClN4O2S. The van der Waals surface area contributed by atoms with E-state index in [9.17, 15) is 4.79 Å². The Kier molecular flexibility index (Phi) is 6.38. The Morgan fingerprint density at radius 3 is 2.76 bits per heavy atom. The average Bonchev–Trinajstić information content (AvgIpc) is 3.08. The maximum atomic E-state index is 12.4. The van der Waals surface area contributed by atoms with Crippen molar-refractivity contribution in [1.29, 1.82) is 0 Å². The number of ether oxygens (including phenoxy) is 1. The highest BCUT2D eigenvalue weighted by atomic mass is 35.5. The van der Waals surface area contributed by atoms with Crippen molar-refractivity contribution in [3.63, 3.8) is 0 Å². The largest absolute Gasteiger partial charge is 0.465 e. The highest BCUT2D eigenvalue weighted by Gasteiger charge is 2.42. The average molecular weight is 485 g/mol. The van der Waals surface area contributed by atoms with Gasteiger partial charge in [-0.15, -0.1) is 0 Å². The SMILES string of the molecule is CCOC(=O)CN1C(=S)N[C@H](c2ccccn2)[C@H]1c1cc2c(cc1Cl)N(C)C(C)(C)C=C2C. The predicted octanol–water partition coefficient (Wildman–Crippen LogP) is 4.90. The lowest BCUT2D eigenvalue weighted by atomic mass is 9.86. The van der Waals surface area contributed by atoms with Crippen molar-refractivity contribution in [2.45, 2.75) is 45.3 Å². The number of benzene rings is 1. The third kappa shape index (κ3) is 4.32. The number of nitrogens with zero attached hydrogens (tertiary/aromatic N) is 3. The number of fused-ring (bicyclic) bond motifs is 1. The van der Waals surface area contributed by atoms with Crippen LogP contribution in [0.25, 0.3) is 5.57 Å². The topological polar surface area (TPSA) is 57.7 Å². The van der Waals surface area contributed by atoms with Crippen LogP contribution in [0.2, 0.25) is 5.02 Å². The predicted molar refractivity (Wildman–Crippen MR) is 136 cm³/mol. The summed E-state index contributed by atoms with van der Waals surface area (Å²) in [5.74, 6) is -0.333. The van der Waals surface area contributed by atoms with E-state index in [-0.39, 0.29) is 30.1 Å². The lowest BCUT2D eigenvalue weighted by Gasteiger charge is -2.41. The number of esters is 1. The van der Waals surface area contributed by atoms with Crippen molar-refractivity contribution in [3.05, 3.63) is 64.4 Å². The minimum Gasteiger partial charge on any atom is -0.465 e. The van der Waals surface area contributed by atoms with Gasteiger partial charge in [0.1, 0.15) is 6.54 Å². The maximum Gasteiger partial charge on any atom is 0.325 e. The van der Waals surface area contributed by atoms with E-state index in [1.807, 2.05) is 29.2 Å². The number of anilines is 1. The number of hydrogen-bond acceptors (Lipinski definition) is 5. The summed E-state index contributed by atoms with van der Waals surface area (Å²) in [6, 6.07) is 9.34. The molecule has 0 bridgehead atoms. The van der Waals surface area contributed by atoms with Gasteiger partial charge in [-0.25, -0.2) is 0 Å². The van der Waals surface area contributed by atoms with E-state index in [1.165, 1.54) is 5.57 Å². The number of rotatable bonds is 5. The van der Waals surface area contributed by atoms with E-state index < -0.39 is 0 Å². The monoisotopic (exact) mass is 484 g/mol. The minimum absolute atomic E-state index is 0.0306. The Morgan fingerprint density at radius 2 is 2.09 bits per heavy atom. The molecule has 2 atom stereocenters. The summed E-state index contributed by atoms with van der Waals surface area (Å²) in [6.45, 7) is 8.61. The number of halogens is 1.